The maximum absolute atomic E-state index is 12.4. The third-order valence-electron chi connectivity index (χ3n) is 4.29. The van der Waals surface area contributed by atoms with Crippen molar-refractivity contribution in [2.75, 3.05) is 12.4 Å². The van der Waals surface area contributed by atoms with Crippen LogP contribution in [-0.4, -0.2) is 13.0 Å². The fourth-order valence-corrected chi connectivity index (χ4v) is 3.19. The van der Waals surface area contributed by atoms with Crippen molar-refractivity contribution in [2.24, 2.45) is 0 Å². The Hall–Kier alpha value is -3.46. The van der Waals surface area contributed by atoms with Crippen molar-refractivity contribution in [3.05, 3.63) is 93.5 Å². The monoisotopic (exact) mass is 452 g/mol. The summed E-state index contributed by atoms with van der Waals surface area (Å²) in [5.41, 5.74) is 1.97. The fourth-order valence-electron chi connectivity index (χ4n) is 2.72. The van der Waals surface area contributed by atoms with E-state index in [9.17, 15) is 10.1 Å². The Morgan fingerprint density at radius 2 is 1.84 bits per heavy atom. The second-order valence-corrected chi connectivity index (χ2v) is 7.27. The smallest absolute Gasteiger partial charge is 0.266 e. The number of nitriles is 1. The topological polar surface area (TPSA) is 71.3 Å². The lowest BCUT2D eigenvalue weighted by molar-refractivity contribution is -0.112. The van der Waals surface area contributed by atoms with Gasteiger partial charge in [-0.3, -0.25) is 4.79 Å². The number of hydrogen-bond donors (Lipinski definition) is 1. The molecule has 5 nitrogen and oxygen atoms in total. The summed E-state index contributed by atoms with van der Waals surface area (Å²) < 4.78 is 11.2. The first kappa shape index (κ1) is 22.2. The van der Waals surface area contributed by atoms with E-state index >= 15 is 0 Å². The lowest BCUT2D eigenvalue weighted by Crippen LogP contribution is -2.13. The van der Waals surface area contributed by atoms with Gasteiger partial charge in [0, 0.05) is 21.3 Å². The van der Waals surface area contributed by atoms with E-state index in [4.69, 9.17) is 32.7 Å². The minimum atomic E-state index is -0.495. The zero-order valence-corrected chi connectivity index (χ0v) is 18.1. The van der Waals surface area contributed by atoms with Crippen LogP contribution >= 0.6 is 23.2 Å². The number of carbonyl (C=O) groups excluding carboxylic acids is 1. The molecule has 3 aromatic rings. The minimum Gasteiger partial charge on any atom is -0.493 e. The average Bonchev–Trinajstić information content (AvgIpc) is 2.77. The summed E-state index contributed by atoms with van der Waals surface area (Å²) >= 11 is 12.1. The van der Waals surface area contributed by atoms with E-state index in [1.54, 1.807) is 60.7 Å². The highest BCUT2D eigenvalue weighted by molar-refractivity contribution is 6.35. The molecule has 1 N–H and O–H groups in total. The molecule has 0 saturated heterocycles. The van der Waals surface area contributed by atoms with Gasteiger partial charge in [0.25, 0.3) is 5.91 Å². The minimum absolute atomic E-state index is 0.0347. The second-order valence-electron chi connectivity index (χ2n) is 6.42. The molecule has 0 unspecified atom stereocenters. The predicted octanol–water partition coefficient (Wildman–Crippen LogP) is 6.13. The van der Waals surface area contributed by atoms with Crippen molar-refractivity contribution in [3.63, 3.8) is 0 Å². The molecule has 0 fully saturated rings. The van der Waals surface area contributed by atoms with Crippen molar-refractivity contribution in [3.8, 4) is 17.6 Å². The maximum Gasteiger partial charge on any atom is 0.266 e. The summed E-state index contributed by atoms with van der Waals surface area (Å²) in [6, 6.07) is 21.2. The van der Waals surface area contributed by atoms with Gasteiger partial charge in [0.15, 0.2) is 11.5 Å². The molecular formula is C24H18Cl2N2O3. The SMILES string of the molecule is COc1cc(/C=C(/C#N)C(=O)Nc2ccccc2)ccc1OCc1ccc(Cl)cc1Cl. The van der Waals surface area contributed by atoms with E-state index in [-0.39, 0.29) is 12.2 Å². The molecule has 31 heavy (non-hydrogen) atoms. The van der Waals surface area contributed by atoms with Crippen molar-refractivity contribution in [2.45, 2.75) is 6.61 Å². The van der Waals surface area contributed by atoms with Gasteiger partial charge in [0.2, 0.25) is 0 Å². The van der Waals surface area contributed by atoms with Crippen LogP contribution in [0, 0.1) is 11.3 Å². The molecule has 0 aliphatic rings. The number of anilines is 1. The van der Waals surface area contributed by atoms with Gasteiger partial charge < -0.3 is 14.8 Å². The summed E-state index contributed by atoms with van der Waals surface area (Å²) in [6.07, 6.45) is 1.49. The van der Waals surface area contributed by atoms with Crippen molar-refractivity contribution in [1.82, 2.24) is 0 Å². The molecule has 0 aliphatic carbocycles. The number of hydrogen-bond acceptors (Lipinski definition) is 4. The highest BCUT2D eigenvalue weighted by atomic mass is 35.5. The van der Waals surface area contributed by atoms with Gasteiger partial charge in [-0.1, -0.05) is 53.5 Å². The van der Waals surface area contributed by atoms with E-state index in [1.165, 1.54) is 13.2 Å². The standard InChI is InChI=1S/C24H18Cl2N2O3/c1-30-23-12-16(11-18(14-27)24(29)28-20-5-3-2-4-6-20)7-10-22(23)31-15-17-8-9-19(25)13-21(17)26/h2-13H,15H2,1H3,(H,28,29)/b18-11-. The van der Waals surface area contributed by atoms with Gasteiger partial charge in [-0.25, -0.2) is 0 Å². The molecule has 0 saturated carbocycles. The molecule has 0 aliphatic heterocycles. The molecule has 0 spiro atoms. The Kier molecular flexibility index (Phi) is 7.55. The number of rotatable bonds is 7. The number of para-hydroxylation sites is 1. The van der Waals surface area contributed by atoms with E-state index in [0.29, 0.717) is 32.8 Å². The largest absolute Gasteiger partial charge is 0.493 e. The van der Waals surface area contributed by atoms with Crippen LogP contribution in [0.2, 0.25) is 10.0 Å². The van der Waals surface area contributed by atoms with Crippen molar-refractivity contribution < 1.29 is 14.3 Å². The molecule has 3 rings (SSSR count). The van der Waals surface area contributed by atoms with Crippen LogP contribution in [0.25, 0.3) is 6.08 Å². The fraction of sp³-hybridized carbons (Fsp3) is 0.0833. The molecule has 0 bridgehead atoms. The number of ether oxygens (including phenoxy) is 2. The van der Waals surface area contributed by atoms with E-state index in [2.05, 4.69) is 5.32 Å². The highest BCUT2D eigenvalue weighted by Gasteiger charge is 2.12. The Morgan fingerprint density at radius 3 is 2.52 bits per heavy atom. The van der Waals surface area contributed by atoms with Gasteiger partial charge in [-0.05, 0) is 48.0 Å². The first-order chi connectivity index (χ1) is 15.0. The van der Waals surface area contributed by atoms with Gasteiger partial charge in [-0.15, -0.1) is 0 Å². The maximum atomic E-state index is 12.4. The molecule has 0 aromatic heterocycles. The van der Waals surface area contributed by atoms with Gasteiger partial charge in [0.05, 0.1) is 7.11 Å². The van der Waals surface area contributed by atoms with Crippen molar-refractivity contribution in [1.29, 1.82) is 5.26 Å². The van der Waals surface area contributed by atoms with Crippen molar-refractivity contribution >= 4 is 40.9 Å². The number of carbonyl (C=O) groups is 1. The Morgan fingerprint density at radius 1 is 1.06 bits per heavy atom. The summed E-state index contributed by atoms with van der Waals surface area (Å²) in [7, 11) is 1.51. The van der Waals surface area contributed by atoms with E-state index in [0.717, 1.165) is 5.56 Å². The third kappa shape index (κ3) is 6.02. The number of halogens is 2. The van der Waals surface area contributed by atoms with Crippen LogP contribution in [0.5, 0.6) is 11.5 Å². The Labute approximate surface area is 190 Å². The van der Waals surface area contributed by atoms with Crippen LogP contribution < -0.4 is 14.8 Å². The number of benzene rings is 3. The Bertz CT molecular complexity index is 1160. The van der Waals surface area contributed by atoms with Gasteiger partial charge in [-0.2, -0.15) is 5.26 Å². The van der Waals surface area contributed by atoms with E-state index < -0.39 is 5.91 Å². The highest BCUT2D eigenvalue weighted by Crippen LogP contribution is 2.31. The molecule has 1 amide bonds. The normalized spacial score (nSPS) is 10.8. The van der Waals surface area contributed by atoms with Crippen LogP contribution in [0.4, 0.5) is 5.69 Å². The zero-order chi connectivity index (χ0) is 22.2. The van der Waals surface area contributed by atoms with Crippen LogP contribution in [0.15, 0.2) is 72.3 Å². The lowest BCUT2D eigenvalue weighted by atomic mass is 10.1. The lowest BCUT2D eigenvalue weighted by Gasteiger charge is -2.12. The first-order valence-corrected chi connectivity index (χ1v) is 9.98. The second kappa shape index (κ2) is 10.5. The van der Waals surface area contributed by atoms with Crippen LogP contribution in [-0.2, 0) is 11.4 Å². The molecule has 0 radical (unpaired) electrons. The molecular weight excluding hydrogens is 435 g/mol. The number of amides is 1. The molecule has 0 heterocycles. The summed E-state index contributed by atoms with van der Waals surface area (Å²) in [5.74, 6) is 0.461. The van der Waals surface area contributed by atoms with Gasteiger partial charge in [0.1, 0.15) is 18.2 Å². The summed E-state index contributed by atoms with van der Waals surface area (Å²) in [4.78, 5) is 12.4. The number of nitrogens with zero attached hydrogens (tertiary/aromatic N) is 1. The average molecular weight is 453 g/mol. The predicted molar refractivity (Wildman–Crippen MR) is 122 cm³/mol. The summed E-state index contributed by atoms with van der Waals surface area (Å²) in [6.45, 7) is 0.227. The molecule has 156 valence electrons. The quantitative estimate of drug-likeness (QED) is 0.345. The Balaban J connectivity index is 1.76. The molecule has 7 heteroatoms. The molecule has 0 atom stereocenters. The third-order valence-corrected chi connectivity index (χ3v) is 4.88. The van der Waals surface area contributed by atoms with E-state index in [1.807, 2.05) is 12.1 Å². The van der Waals surface area contributed by atoms with Crippen LogP contribution in [0.1, 0.15) is 11.1 Å². The summed E-state index contributed by atoms with van der Waals surface area (Å²) in [5, 5.41) is 13.2. The number of methoxy groups -OCH3 is 1. The first-order valence-electron chi connectivity index (χ1n) is 9.23. The number of nitrogens with one attached hydrogen (secondary N) is 1. The zero-order valence-electron chi connectivity index (χ0n) is 16.6. The van der Waals surface area contributed by atoms with Gasteiger partial charge >= 0.3 is 0 Å². The molecule has 3 aromatic carbocycles. The van der Waals surface area contributed by atoms with Crippen LogP contribution in [0.3, 0.4) is 0 Å².